The fourth-order valence-corrected chi connectivity index (χ4v) is 2.83. The summed E-state index contributed by atoms with van der Waals surface area (Å²) >= 11 is 0. The van der Waals surface area contributed by atoms with E-state index >= 15 is 0 Å². The van der Waals surface area contributed by atoms with Gasteiger partial charge in [-0.3, -0.25) is 4.79 Å². The zero-order valence-corrected chi connectivity index (χ0v) is 11.1. The van der Waals surface area contributed by atoms with Crippen molar-refractivity contribution in [2.75, 3.05) is 0 Å². The van der Waals surface area contributed by atoms with Gasteiger partial charge in [0.15, 0.2) is 0 Å². The molecule has 0 saturated heterocycles. The van der Waals surface area contributed by atoms with Crippen molar-refractivity contribution >= 4 is 5.91 Å². The van der Waals surface area contributed by atoms with Crippen LogP contribution >= 0.6 is 0 Å². The molecule has 3 nitrogen and oxygen atoms in total. The van der Waals surface area contributed by atoms with E-state index in [0.717, 1.165) is 35.3 Å². The molecule has 0 bridgehead atoms. The summed E-state index contributed by atoms with van der Waals surface area (Å²) in [7, 11) is 0. The summed E-state index contributed by atoms with van der Waals surface area (Å²) < 4.78 is 5.77. The largest absolute Gasteiger partial charge is 0.489 e. The number of carbonyl (C=O) groups is 1. The molecule has 4 rings (SSSR count). The Morgan fingerprint density at radius 2 is 1.90 bits per heavy atom. The standard InChI is InChI=1S/C17H15NO2/c19-16-14-10-13(20-11-12-4-2-1-3-5-12)6-7-15(14)17(18-16)8-9-17/h1-7,10H,8-9,11H2,(H,18,19). The molecule has 20 heavy (non-hydrogen) atoms. The lowest BCUT2D eigenvalue weighted by Crippen LogP contribution is -2.25. The predicted octanol–water partition coefficient (Wildman–Crippen LogP) is 3.00. The lowest BCUT2D eigenvalue weighted by Gasteiger charge is -2.09. The number of ether oxygens (including phenoxy) is 1. The molecule has 1 saturated carbocycles. The van der Waals surface area contributed by atoms with Crippen LogP contribution in [0.5, 0.6) is 5.75 Å². The Hall–Kier alpha value is -2.29. The van der Waals surface area contributed by atoms with Crippen LogP contribution in [0.4, 0.5) is 0 Å². The first-order valence-electron chi connectivity index (χ1n) is 6.91. The number of rotatable bonds is 3. The van der Waals surface area contributed by atoms with Gasteiger partial charge in [-0.05, 0) is 36.1 Å². The van der Waals surface area contributed by atoms with Crippen LogP contribution in [0.3, 0.4) is 0 Å². The number of carbonyl (C=O) groups excluding carboxylic acids is 1. The Morgan fingerprint density at radius 3 is 2.65 bits per heavy atom. The highest BCUT2D eigenvalue weighted by Gasteiger charge is 2.52. The number of hydrogen-bond donors (Lipinski definition) is 1. The van der Waals surface area contributed by atoms with Gasteiger partial charge in [0.1, 0.15) is 12.4 Å². The molecule has 3 heteroatoms. The molecule has 1 aliphatic heterocycles. The smallest absolute Gasteiger partial charge is 0.252 e. The first kappa shape index (κ1) is 11.5. The maximum absolute atomic E-state index is 12.0. The zero-order chi connectivity index (χ0) is 13.6. The predicted molar refractivity (Wildman–Crippen MR) is 75.6 cm³/mol. The molecular formula is C17H15NO2. The van der Waals surface area contributed by atoms with Gasteiger partial charge in [-0.15, -0.1) is 0 Å². The van der Waals surface area contributed by atoms with Gasteiger partial charge in [0.05, 0.1) is 5.54 Å². The Balaban J connectivity index is 1.56. The molecule has 1 fully saturated rings. The van der Waals surface area contributed by atoms with Crippen LogP contribution in [0.1, 0.15) is 34.3 Å². The summed E-state index contributed by atoms with van der Waals surface area (Å²) in [5.74, 6) is 0.781. The van der Waals surface area contributed by atoms with Gasteiger partial charge >= 0.3 is 0 Å². The quantitative estimate of drug-likeness (QED) is 0.926. The molecule has 0 radical (unpaired) electrons. The van der Waals surface area contributed by atoms with Gasteiger partial charge in [0, 0.05) is 5.56 Å². The molecule has 1 N–H and O–H groups in total. The highest BCUT2D eigenvalue weighted by Crippen LogP contribution is 2.50. The minimum absolute atomic E-state index is 0.0302. The number of fused-ring (bicyclic) bond motifs is 2. The highest BCUT2D eigenvalue weighted by molar-refractivity contribution is 6.01. The Bertz CT molecular complexity index is 675. The Morgan fingerprint density at radius 1 is 1.10 bits per heavy atom. The highest BCUT2D eigenvalue weighted by atomic mass is 16.5. The van der Waals surface area contributed by atoms with Crippen molar-refractivity contribution < 1.29 is 9.53 Å². The minimum atomic E-state index is -0.0512. The molecule has 2 aliphatic rings. The summed E-state index contributed by atoms with van der Waals surface area (Å²) in [5, 5.41) is 3.08. The lowest BCUT2D eigenvalue weighted by molar-refractivity contribution is 0.0952. The van der Waals surface area contributed by atoms with Crippen molar-refractivity contribution in [2.24, 2.45) is 0 Å². The third-order valence-corrected chi connectivity index (χ3v) is 4.10. The van der Waals surface area contributed by atoms with Crippen molar-refractivity contribution in [1.82, 2.24) is 5.32 Å². The van der Waals surface area contributed by atoms with Crippen LogP contribution in [-0.4, -0.2) is 5.91 Å². The van der Waals surface area contributed by atoms with E-state index in [1.165, 1.54) is 0 Å². The molecule has 1 aliphatic carbocycles. The molecular weight excluding hydrogens is 250 g/mol. The van der Waals surface area contributed by atoms with Gasteiger partial charge in [-0.1, -0.05) is 36.4 Å². The van der Waals surface area contributed by atoms with E-state index in [1.54, 1.807) is 0 Å². The summed E-state index contributed by atoms with van der Waals surface area (Å²) in [5.41, 5.74) is 2.98. The molecule has 1 spiro atoms. The van der Waals surface area contributed by atoms with Crippen molar-refractivity contribution in [1.29, 1.82) is 0 Å². The van der Waals surface area contributed by atoms with Crippen molar-refractivity contribution in [3.63, 3.8) is 0 Å². The van der Waals surface area contributed by atoms with Gasteiger partial charge < -0.3 is 10.1 Å². The first-order valence-corrected chi connectivity index (χ1v) is 6.91. The first-order chi connectivity index (χ1) is 9.77. The van der Waals surface area contributed by atoms with Crippen molar-refractivity contribution in [2.45, 2.75) is 25.0 Å². The molecule has 2 aromatic carbocycles. The number of amides is 1. The fourth-order valence-electron chi connectivity index (χ4n) is 2.83. The van der Waals surface area contributed by atoms with E-state index in [1.807, 2.05) is 48.5 Å². The van der Waals surface area contributed by atoms with Gasteiger partial charge in [0.25, 0.3) is 5.91 Å². The monoisotopic (exact) mass is 265 g/mol. The average Bonchev–Trinajstić information content (AvgIpc) is 3.20. The third kappa shape index (κ3) is 1.78. The van der Waals surface area contributed by atoms with E-state index in [-0.39, 0.29) is 11.4 Å². The lowest BCUT2D eigenvalue weighted by atomic mass is 10.0. The van der Waals surface area contributed by atoms with E-state index in [9.17, 15) is 4.79 Å². The van der Waals surface area contributed by atoms with Crippen LogP contribution in [0.15, 0.2) is 48.5 Å². The van der Waals surface area contributed by atoms with Crippen molar-refractivity contribution in [3.05, 3.63) is 65.2 Å². The molecule has 100 valence electrons. The molecule has 2 aromatic rings. The minimum Gasteiger partial charge on any atom is -0.489 e. The maximum Gasteiger partial charge on any atom is 0.252 e. The Kier molecular flexibility index (Phi) is 2.36. The second-order valence-electron chi connectivity index (χ2n) is 5.52. The number of nitrogens with one attached hydrogen (secondary N) is 1. The van der Waals surface area contributed by atoms with Crippen LogP contribution in [0.2, 0.25) is 0 Å². The average molecular weight is 265 g/mol. The molecule has 0 atom stereocenters. The van der Waals surface area contributed by atoms with Gasteiger partial charge in [-0.25, -0.2) is 0 Å². The maximum atomic E-state index is 12.0. The van der Waals surface area contributed by atoms with E-state index in [2.05, 4.69) is 5.32 Å². The molecule has 0 unspecified atom stereocenters. The molecule has 1 amide bonds. The number of benzene rings is 2. The second kappa shape index (κ2) is 4.10. The van der Waals surface area contributed by atoms with Gasteiger partial charge in [-0.2, -0.15) is 0 Å². The number of hydrogen-bond acceptors (Lipinski definition) is 2. The van der Waals surface area contributed by atoms with Crippen LogP contribution in [0.25, 0.3) is 0 Å². The Labute approximate surface area is 117 Å². The second-order valence-corrected chi connectivity index (χ2v) is 5.52. The fraction of sp³-hybridized carbons (Fsp3) is 0.235. The van der Waals surface area contributed by atoms with E-state index in [4.69, 9.17) is 4.74 Å². The SMILES string of the molecule is O=C1NC2(CC2)c2ccc(OCc3ccccc3)cc21. The molecule has 0 aromatic heterocycles. The van der Waals surface area contributed by atoms with Crippen molar-refractivity contribution in [3.8, 4) is 5.75 Å². The topological polar surface area (TPSA) is 38.3 Å². The summed E-state index contributed by atoms with van der Waals surface area (Å²) in [6, 6.07) is 15.9. The van der Waals surface area contributed by atoms with Crippen LogP contribution < -0.4 is 10.1 Å². The van der Waals surface area contributed by atoms with Crippen LogP contribution in [-0.2, 0) is 12.1 Å². The van der Waals surface area contributed by atoms with Gasteiger partial charge in [0.2, 0.25) is 0 Å². The summed E-state index contributed by atoms with van der Waals surface area (Å²) in [6.45, 7) is 0.520. The summed E-state index contributed by atoms with van der Waals surface area (Å²) in [4.78, 5) is 12.0. The summed E-state index contributed by atoms with van der Waals surface area (Å²) in [6.07, 6.45) is 2.10. The van der Waals surface area contributed by atoms with Crippen LogP contribution in [0, 0.1) is 0 Å². The third-order valence-electron chi connectivity index (χ3n) is 4.10. The molecule has 1 heterocycles. The zero-order valence-electron chi connectivity index (χ0n) is 11.1. The van der Waals surface area contributed by atoms with E-state index in [0.29, 0.717) is 6.61 Å². The van der Waals surface area contributed by atoms with E-state index < -0.39 is 0 Å². The normalized spacial score (nSPS) is 17.7.